The van der Waals surface area contributed by atoms with Gasteiger partial charge in [-0.15, -0.1) is 0 Å². The largest absolute Gasteiger partial charge is 0.452 e. The number of nitrogens with zero attached hydrogens (tertiary/aromatic N) is 2. The molecule has 0 unspecified atom stereocenters. The lowest BCUT2D eigenvalue weighted by atomic mass is 10.1. The van der Waals surface area contributed by atoms with Crippen LogP contribution in [0.4, 0.5) is 18.9 Å². The van der Waals surface area contributed by atoms with E-state index in [1.54, 1.807) is 6.92 Å². The fourth-order valence-corrected chi connectivity index (χ4v) is 2.36. The number of esters is 1. The maximum Gasteiger partial charge on any atom is 0.418 e. The molecule has 2 amide bonds. The zero-order chi connectivity index (χ0) is 21.4. The van der Waals surface area contributed by atoms with Gasteiger partial charge >= 0.3 is 12.1 Å². The smallest absolute Gasteiger partial charge is 0.418 e. The van der Waals surface area contributed by atoms with Crippen LogP contribution in [-0.4, -0.2) is 47.4 Å². The highest BCUT2D eigenvalue weighted by atomic mass is 19.4. The van der Waals surface area contributed by atoms with E-state index in [0.717, 1.165) is 17.0 Å². The molecule has 1 aromatic carbocycles. The van der Waals surface area contributed by atoms with E-state index in [4.69, 9.17) is 4.74 Å². The summed E-state index contributed by atoms with van der Waals surface area (Å²) in [6.45, 7) is 0.565. The van der Waals surface area contributed by atoms with Crippen molar-refractivity contribution in [3.05, 3.63) is 59.9 Å². The van der Waals surface area contributed by atoms with Crippen molar-refractivity contribution in [1.29, 1.82) is 0 Å². The van der Waals surface area contributed by atoms with Gasteiger partial charge in [-0.25, -0.2) is 4.79 Å². The molecule has 0 bridgehead atoms. The Labute approximate surface area is 164 Å². The molecule has 0 atom stereocenters. The van der Waals surface area contributed by atoms with Crippen LogP contribution in [0.1, 0.15) is 22.8 Å². The Balaban J connectivity index is 1.94. The summed E-state index contributed by atoms with van der Waals surface area (Å²) in [5, 5.41) is 2.16. The normalized spacial score (nSPS) is 10.9. The predicted molar refractivity (Wildman–Crippen MR) is 96.8 cm³/mol. The van der Waals surface area contributed by atoms with Gasteiger partial charge in [0.1, 0.15) is 0 Å². The third kappa shape index (κ3) is 6.30. The summed E-state index contributed by atoms with van der Waals surface area (Å²) in [5.41, 5.74) is -1.24. The summed E-state index contributed by atoms with van der Waals surface area (Å²) < 4.78 is 43.9. The van der Waals surface area contributed by atoms with E-state index in [0.29, 0.717) is 0 Å². The highest BCUT2D eigenvalue weighted by Crippen LogP contribution is 2.34. The number of hydrogen-bond acceptors (Lipinski definition) is 5. The number of halogens is 3. The lowest BCUT2D eigenvalue weighted by Gasteiger charge is -2.21. The Hall–Kier alpha value is -3.43. The fourth-order valence-electron chi connectivity index (χ4n) is 2.36. The number of nitrogens with one attached hydrogen (secondary N) is 1. The number of ether oxygens (including phenoxy) is 1. The SMILES string of the molecule is CCN(CC(=O)Nc1ccccc1C(F)(F)F)C(=O)COC(=O)c1cccnc1. The molecule has 0 spiro atoms. The minimum Gasteiger partial charge on any atom is -0.452 e. The lowest BCUT2D eigenvalue weighted by molar-refractivity contribution is -0.138. The number of amides is 2. The fraction of sp³-hybridized carbons (Fsp3) is 0.263. The van der Waals surface area contributed by atoms with E-state index in [2.05, 4.69) is 10.3 Å². The van der Waals surface area contributed by atoms with Crippen molar-refractivity contribution in [3.63, 3.8) is 0 Å². The van der Waals surface area contributed by atoms with Crippen LogP contribution in [0.2, 0.25) is 0 Å². The molecule has 0 aliphatic rings. The van der Waals surface area contributed by atoms with Crippen molar-refractivity contribution >= 4 is 23.5 Å². The Morgan fingerprint density at radius 1 is 1.14 bits per heavy atom. The molecular weight excluding hydrogens is 391 g/mol. The van der Waals surface area contributed by atoms with Crippen LogP contribution in [0.3, 0.4) is 0 Å². The van der Waals surface area contributed by atoms with Crippen LogP contribution in [0.5, 0.6) is 0 Å². The number of para-hydroxylation sites is 1. The van der Waals surface area contributed by atoms with Gasteiger partial charge in [-0.2, -0.15) is 13.2 Å². The van der Waals surface area contributed by atoms with Crippen LogP contribution < -0.4 is 5.32 Å². The van der Waals surface area contributed by atoms with Crippen LogP contribution in [0.15, 0.2) is 48.8 Å². The van der Waals surface area contributed by atoms with E-state index in [1.807, 2.05) is 0 Å². The third-order valence-corrected chi connectivity index (χ3v) is 3.80. The summed E-state index contributed by atoms with van der Waals surface area (Å²) >= 11 is 0. The highest BCUT2D eigenvalue weighted by Gasteiger charge is 2.33. The average Bonchev–Trinajstić information content (AvgIpc) is 2.70. The molecule has 2 aromatic rings. The van der Waals surface area contributed by atoms with Gasteiger partial charge in [0.05, 0.1) is 23.4 Å². The van der Waals surface area contributed by atoms with E-state index >= 15 is 0 Å². The summed E-state index contributed by atoms with van der Waals surface area (Å²) in [7, 11) is 0. The maximum atomic E-state index is 13.0. The number of aromatic nitrogens is 1. The van der Waals surface area contributed by atoms with Crippen molar-refractivity contribution in [1.82, 2.24) is 9.88 Å². The summed E-state index contributed by atoms with van der Waals surface area (Å²) in [5.74, 6) is -2.23. The molecule has 0 aliphatic heterocycles. The number of likely N-dealkylation sites (N-methyl/N-ethyl adjacent to an activating group) is 1. The molecule has 1 heterocycles. The van der Waals surface area contributed by atoms with Crippen molar-refractivity contribution in [3.8, 4) is 0 Å². The van der Waals surface area contributed by atoms with E-state index in [9.17, 15) is 27.6 Å². The predicted octanol–water partition coefficient (Wildman–Crippen LogP) is 2.74. The topological polar surface area (TPSA) is 88.6 Å². The molecule has 0 saturated heterocycles. The summed E-state index contributed by atoms with van der Waals surface area (Å²) in [6.07, 6.45) is -1.89. The zero-order valence-electron chi connectivity index (χ0n) is 15.4. The Morgan fingerprint density at radius 3 is 2.48 bits per heavy atom. The van der Waals surface area contributed by atoms with Gasteiger partial charge in [-0.3, -0.25) is 14.6 Å². The van der Waals surface area contributed by atoms with Gasteiger partial charge < -0.3 is 15.0 Å². The highest BCUT2D eigenvalue weighted by molar-refractivity contribution is 5.96. The Morgan fingerprint density at radius 2 is 1.86 bits per heavy atom. The van der Waals surface area contributed by atoms with Crippen molar-refractivity contribution < 1.29 is 32.3 Å². The molecule has 1 N–H and O–H groups in total. The number of carbonyl (C=O) groups excluding carboxylic acids is 3. The first-order valence-corrected chi connectivity index (χ1v) is 8.53. The van der Waals surface area contributed by atoms with Gasteiger partial charge in [0, 0.05) is 18.9 Å². The zero-order valence-corrected chi connectivity index (χ0v) is 15.4. The second-order valence-corrected chi connectivity index (χ2v) is 5.82. The Bertz CT molecular complexity index is 873. The van der Waals surface area contributed by atoms with Crippen molar-refractivity contribution in [2.45, 2.75) is 13.1 Å². The van der Waals surface area contributed by atoms with Crippen molar-refractivity contribution in [2.24, 2.45) is 0 Å². The monoisotopic (exact) mass is 409 g/mol. The van der Waals surface area contributed by atoms with E-state index < -0.39 is 48.4 Å². The van der Waals surface area contributed by atoms with E-state index in [1.165, 1.54) is 36.7 Å². The molecule has 10 heteroatoms. The second kappa shape index (κ2) is 9.67. The second-order valence-electron chi connectivity index (χ2n) is 5.82. The van der Waals surface area contributed by atoms with Gasteiger partial charge in [0.2, 0.25) is 5.91 Å². The molecule has 29 heavy (non-hydrogen) atoms. The number of hydrogen-bond donors (Lipinski definition) is 1. The first-order valence-electron chi connectivity index (χ1n) is 8.53. The maximum absolute atomic E-state index is 13.0. The number of rotatable bonds is 7. The molecular formula is C19H18F3N3O4. The Kier molecular flexibility index (Phi) is 7.29. The van der Waals surface area contributed by atoms with Gasteiger partial charge in [-0.1, -0.05) is 12.1 Å². The minimum atomic E-state index is -4.63. The minimum absolute atomic E-state index is 0.0949. The first kappa shape index (κ1) is 21.9. The first-order chi connectivity index (χ1) is 13.7. The molecule has 0 radical (unpaired) electrons. The molecule has 0 fully saturated rings. The molecule has 0 aliphatic carbocycles. The summed E-state index contributed by atoms with van der Waals surface area (Å²) in [4.78, 5) is 41.0. The lowest BCUT2D eigenvalue weighted by Crippen LogP contribution is -2.40. The standard InChI is InChI=1S/C19H18F3N3O4/c1-2-25(17(27)12-29-18(28)13-6-5-9-23-10-13)11-16(26)24-15-8-4-3-7-14(15)19(20,21)22/h3-10H,2,11-12H2,1H3,(H,24,26). The molecule has 7 nitrogen and oxygen atoms in total. The number of carbonyl (C=O) groups is 3. The van der Waals surface area contributed by atoms with Gasteiger partial charge in [-0.05, 0) is 31.2 Å². The number of anilines is 1. The average molecular weight is 409 g/mol. The van der Waals surface area contributed by atoms with Crippen LogP contribution in [0, 0.1) is 0 Å². The number of alkyl halides is 3. The quantitative estimate of drug-likeness (QED) is 0.711. The molecule has 0 saturated carbocycles. The molecule has 1 aromatic heterocycles. The van der Waals surface area contributed by atoms with Gasteiger partial charge in [0.25, 0.3) is 5.91 Å². The molecule has 2 rings (SSSR count). The van der Waals surface area contributed by atoms with E-state index in [-0.39, 0.29) is 12.1 Å². The third-order valence-electron chi connectivity index (χ3n) is 3.80. The van der Waals surface area contributed by atoms with Crippen molar-refractivity contribution in [2.75, 3.05) is 25.0 Å². The van der Waals surface area contributed by atoms with Crippen LogP contribution in [0.25, 0.3) is 0 Å². The van der Waals surface area contributed by atoms with Crippen LogP contribution in [-0.2, 0) is 20.5 Å². The van der Waals surface area contributed by atoms with Gasteiger partial charge in [0.15, 0.2) is 6.61 Å². The number of benzene rings is 1. The van der Waals surface area contributed by atoms with Crippen LogP contribution >= 0.6 is 0 Å². The summed E-state index contributed by atoms with van der Waals surface area (Å²) in [6, 6.07) is 7.51. The number of pyridine rings is 1. The molecule has 154 valence electrons.